The van der Waals surface area contributed by atoms with E-state index in [1.807, 2.05) is 0 Å². The SMILES string of the molecule is CC1c2c(c3cc(-c4ccc5c(c4)c4ccccc4n5-c4ccc(-c5ccccc5)cc4)ccc3n2-c2ccc3ccccc3c2)C=C2c3ccccc3N(c3ccccc3)C21. The van der Waals surface area contributed by atoms with Crippen LogP contribution in [0.4, 0.5) is 11.4 Å². The molecule has 3 nitrogen and oxygen atoms in total. The summed E-state index contributed by atoms with van der Waals surface area (Å²) in [6.07, 6.45) is 2.52. The van der Waals surface area contributed by atoms with Crippen molar-refractivity contribution >= 4 is 66.5 Å². The molecule has 2 aromatic heterocycles. The number of aromatic nitrogens is 2. The van der Waals surface area contributed by atoms with Crippen LogP contribution in [0, 0.1) is 0 Å². The third kappa shape index (κ3) is 5.18. The van der Waals surface area contributed by atoms with Gasteiger partial charge in [-0.3, -0.25) is 0 Å². The van der Waals surface area contributed by atoms with Gasteiger partial charge in [-0.1, -0.05) is 146 Å². The van der Waals surface area contributed by atoms with E-state index in [0.29, 0.717) is 0 Å². The van der Waals surface area contributed by atoms with E-state index < -0.39 is 0 Å². The van der Waals surface area contributed by atoms with Crippen LogP contribution in [0.15, 0.2) is 212 Å². The zero-order valence-corrected chi connectivity index (χ0v) is 34.3. The van der Waals surface area contributed by atoms with Crippen LogP contribution in [0.5, 0.6) is 0 Å². The predicted molar refractivity (Wildman–Crippen MR) is 261 cm³/mol. The first-order chi connectivity index (χ1) is 30.7. The molecule has 62 heavy (non-hydrogen) atoms. The highest BCUT2D eigenvalue weighted by atomic mass is 15.2. The molecule has 1 aliphatic heterocycles. The second kappa shape index (κ2) is 13.6. The number of benzene rings is 9. The first-order valence-corrected chi connectivity index (χ1v) is 21.7. The third-order valence-electron chi connectivity index (χ3n) is 13.6. The van der Waals surface area contributed by atoms with E-state index in [9.17, 15) is 0 Å². The second-order valence-corrected chi connectivity index (χ2v) is 17.0. The minimum Gasteiger partial charge on any atom is -0.333 e. The van der Waals surface area contributed by atoms with Gasteiger partial charge < -0.3 is 14.0 Å². The Hall–Kier alpha value is -7.88. The number of hydrogen-bond donors (Lipinski definition) is 0. The summed E-state index contributed by atoms with van der Waals surface area (Å²) in [6, 6.07) is 78.3. The quantitative estimate of drug-likeness (QED) is 0.169. The molecule has 0 spiro atoms. The van der Waals surface area contributed by atoms with Crippen molar-refractivity contribution in [2.75, 3.05) is 4.90 Å². The fraction of sp³-hybridized carbons (Fsp3) is 0.0508. The number of nitrogens with zero attached hydrogens (tertiary/aromatic N) is 3. The molecule has 292 valence electrons. The highest BCUT2D eigenvalue weighted by Crippen LogP contribution is 2.55. The van der Waals surface area contributed by atoms with Crippen molar-refractivity contribution in [1.29, 1.82) is 0 Å². The molecular weight excluding hydrogens is 751 g/mol. The summed E-state index contributed by atoms with van der Waals surface area (Å²) in [7, 11) is 0. The summed E-state index contributed by atoms with van der Waals surface area (Å²) in [5, 5.41) is 6.28. The molecule has 2 unspecified atom stereocenters. The minimum atomic E-state index is 0.152. The van der Waals surface area contributed by atoms with E-state index in [1.54, 1.807) is 0 Å². The van der Waals surface area contributed by atoms with Gasteiger partial charge in [0.15, 0.2) is 0 Å². The Labute approximate surface area is 360 Å². The molecule has 2 aliphatic rings. The first-order valence-electron chi connectivity index (χ1n) is 21.7. The maximum absolute atomic E-state index is 2.58. The van der Waals surface area contributed by atoms with Crippen molar-refractivity contribution in [3.05, 3.63) is 229 Å². The first kappa shape index (κ1) is 34.9. The topological polar surface area (TPSA) is 13.1 Å². The van der Waals surface area contributed by atoms with Gasteiger partial charge >= 0.3 is 0 Å². The largest absolute Gasteiger partial charge is 0.333 e. The summed E-state index contributed by atoms with van der Waals surface area (Å²) in [5.41, 5.74) is 18.7. The van der Waals surface area contributed by atoms with Crippen LogP contribution in [-0.2, 0) is 0 Å². The Morgan fingerprint density at radius 2 is 0.984 bits per heavy atom. The lowest BCUT2D eigenvalue weighted by Gasteiger charge is -2.36. The van der Waals surface area contributed by atoms with Crippen LogP contribution in [0.1, 0.15) is 29.7 Å². The lowest BCUT2D eigenvalue weighted by molar-refractivity contribution is 0.640. The Morgan fingerprint density at radius 3 is 1.79 bits per heavy atom. The molecule has 0 amide bonds. The van der Waals surface area contributed by atoms with Crippen LogP contribution in [0.2, 0.25) is 0 Å². The van der Waals surface area contributed by atoms with Crippen molar-refractivity contribution < 1.29 is 0 Å². The van der Waals surface area contributed by atoms with Crippen LogP contribution in [0.3, 0.4) is 0 Å². The van der Waals surface area contributed by atoms with E-state index in [2.05, 4.69) is 239 Å². The number of anilines is 2. The van der Waals surface area contributed by atoms with Crippen LogP contribution >= 0.6 is 0 Å². The summed E-state index contributed by atoms with van der Waals surface area (Å²) in [4.78, 5) is 2.58. The van der Waals surface area contributed by atoms with Crippen molar-refractivity contribution in [2.45, 2.75) is 18.9 Å². The lowest BCUT2D eigenvalue weighted by atomic mass is 9.82. The lowest BCUT2D eigenvalue weighted by Crippen LogP contribution is -2.34. The van der Waals surface area contributed by atoms with E-state index >= 15 is 0 Å². The normalized spacial score (nSPS) is 15.6. The maximum Gasteiger partial charge on any atom is 0.0679 e. The average Bonchev–Trinajstić information content (AvgIpc) is 3.98. The summed E-state index contributed by atoms with van der Waals surface area (Å²) in [6.45, 7) is 2.44. The molecule has 0 fully saturated rings. The highest BCUT2D eigenvalue weighted by molar-refractivity contribution is 6.11. The van der Waals surface area contributed by atoms with Crippen LogP contribution < -0.4 is 4.90 Å². The van der Waals surface area contributed by atoms with Gasteiger partial charge in [0.1, 0.15) is 0 Å². The van der Waals surface area contributed by atoms with Crippen molar-refractivity contribution in [2.24, 2.45) is 0 Å². The molecule has 0 radical (unpaired) electrons. The Morgan fingerprint density at radius 1 is 0.387 bits per heavy atom. The Bertz CT molecular complexity index is 3590. The fourth-order valence-electron chi connectivity index (χ4n) is 10.8. The number of fused-ring (bicyclic) bond motifs is 10. The molecule has 2 atom stereocenters. The molecule has 0 bridgehead atoms. The van der Waals surface area contributed by atoms with Gasteiger partial charge in [-0.25, -0.2) is 0 Å². The fourth-order valence-corrected chi connectivity index (χ4v) is 10.8. The van der Waals surface area contributed by atoms with E-state index in [4.69, 9.17) is 0 Å². The molecule has 3 heteroatoms. The van der Waals surface area contributed by atoms with Gasteiger partial charge in [0.25, 0.3) is 0 Å². The number of para-hydroxylation sites is 3. The van der Waals surface area contributed by atoms with Gasteiger partial charge in [0.2, 0.25) is 0 Å². The van der Waals surface area contributed by atoms with Crippen molar-refractivity contribution in [1.82, 2.24) is 9.13 Å². The zero-order chi connectivity index (χ0) is 40.9. The minimum absolute atomic E-state index is 0.152. The van der Waals surface area contributed by atoms with E-state index in [0.717, 1.165) is 5.69 Å². The van der Waals surface area contributed by atoms with Gasteiger partial charge in [-0.05, 0) is 117 Å². The molecule has 11 aromatic rings. The molecule has 0 saturated heterocycles. The van der Waals surface area contributed by atoms with Gasteiger partial charge in [-0.15, -0.1) is 0 Å². The summed E-state index contributed by atoms with van der Waals surface area (Å²) in [5.74, 6) is 0.184. The Balaban J connectivity index is 0.999. The summed E-state index contributed by atoms with van der Waals surface area (Å²) < 4.78 is 4.97. The molecule has 0 N–H and O–H groups in total. The smallest absolute Gasteiger partial charge is 0.0679 e. The third-order valence-corrected chi connectivity index (χ3v) is 13.6. The van der Waals surface area contributed by atoms with E-state index in [-0.39, 0.29) is 12.0 Å². The van der Waals surface area contributed by atoms with Crippen molar-refractivity contribution in [3.8, 4) is 33.6 Å². The zero-order valence-electron chi connectivity index (χ0n) is 34.3. The number of hydrogen-bond acceptors (Lipinski definition) is 1. The molecule has 0 saturated carbocycles. The van der Waals surface area contributed by atoms with Gasteiger partial charge in [0, 0.05) is 61.6 Å². The Kier molecular flexibility index (Phi) is 7.65. The molecular formula is C59H41N3. The highest BCUT2D eigenvalue weighted by Gasteiger charge is 2.43. The number of rotatable bonds is 5. The average molecular weight is 792 g/mol. The molecule has 13 rings (SSSR count). The monoisotopic (exact) mass is 791 g/mol. The van der Waals surface area contributed by atoms with E-state index in [1.165, 1.54) is 105 Å². The second-order valence-electron chi connectivity index (χ2n) is 17.0. The molecule has 1 aliphatic carbocycles. The van der Waals surface area contributed by atoms with Crippen molar-refractivity contribution in [3.63, 3.8) is 0 Å². The molecule has 3 heterocycles. The van der Waals surface area contributed by atoms with Gasteiger partial charge in [0.05, 0.1) is 22.6 Å². The summed E-state index contributed by atoms with van der Waals surface area (Å²) >= 11 is 0. The standard InChI is InChI=1S/C59H41N3/c1-38-58-52(49-21-11-13-23-55(49)61(58)45-18-6-3-7-19-45)37-53-51-36-44(28-33-57(51)62(59(38)53)47-31-26-40-16-8-9-17-42(40)34-47)43-27-32-56-50(35-43)48-20-10-12-22-54(48)60(56)46-29-24-41(25-30-46)39-14-4-2-5-15-39/h2-38,58H,1H3. The molecule has 9 aromatic carbocycles. The maximum atomic E-state index is 2.58. The van der Waals surface area contributed by atoms with Crippen LogP contribution in [-0.4, -0.2) is 15.2 Å². The van der Waals surface area contributed by atoms with Gasteiger partial charge in [-0.2, -0.15) is 0 Å². The predicted octanol–water partition coefficient (Wildman–Crippen LogP) is 15.4. The van der Waals surface area contributed by atoms with Crippen LogP contribution in [0.25, 0.3) is 88.8 Å².